The molecule has 0 aromatic heterocycles. The van der Waals surface area contributed by atoms with E-state index in [1.54, 1.807) is 0 Å². The Morgan fingerprint density at radius 2 is 0.955 bits per heavy atom. The first-order valence-corrected chi connectivity index (χ1v) is 7.18. The summed E-state index contributed by atoms with van der Waals surface area (Å²) in [4.78, 5) is 21.0. The van der Waals surface area contributed by atoms with Crippen molar-refractivity contribution in [2.75, 3.05) is 0 Å². The molecule has 0 saturated carbocycles. The molecule has 0 atom stereocenters. The minimum Gasteiger partial charge on any atom is -0.545 e. The number of benzene rings is 2. The van der Waals surface area contributed by atoms with Gasteiger partial charge in [-0.25, -0.2) is 8.42 Å². The first kappa shape index (κ1) is 17.9. The fourth-order valence-electron chi connectivity index (χ4n) is 1.68. The fourth-order valence-corrected chi connectivity index (χ4v) is 2.94. The molecule has 0 fully saturated rings. The molecule has 6 nitrogen and oxygen atoms in total. The number of hydrogen-bond donors (Lipinski definition) is 0. The molecule has 0 saturated heterocycles. The Balaban J connectivity index is 0.00000242. The van der Waals surface area contributed by atoms with Crippen LogP contribution >= 0.6 is 0 Å². The monoisotopic (exact) mass is 367 g/mol. The normalized spacial score (nSPS) is 10.5. The summed E-state index contributed by atoms with van der Waals surface area (Å²) >= 11 is 0. The third-order valence-corrected chi connectivity index (χ3v) is 4.59. The predicted molar refractivity (Wildman–Crippen MR) is 67.0 cm³/mol. The molecule has 0 unspecified atom stereocenters. The van der Waals surface area contributed by atoms with E-state index in [0.717, 1.165) is 48.5 Å². The first-order valence-electron chi connectivity index (χ1n) is 5.70. The summed E-state index contributed by atoms with van der Waals surface area (Å²) in [6.07, 6.45) is 0. The van der Waals surface area contributed by atoms with Crippen LogP contribution in [0.1, 0.15) is 20.7 Å². The molecule has 8 heteroatoms. The molecule has 0 bridgehead atoms. The Morgan fingerprint density at radius 3 is 1.18 bits per heavy atom. The second-order valence-corrected chi connectivity index (χ2v) is 6.08. The van der Waals surface area contributed by atoms with Gasteiger partial charge in [0, 0.05) is 0 Å². The summed E-state index contributed by atoms with van der Waals surface area (Å²) in [5, 5.41) is 21.2. The second-order valence-electron chi connectivity index (χ2n) is 4.13. The van der Waals surface area contributed by atoms with Gasteiger partial charge in [-0.2, -0.15) is 0 Å². The Kier molecular flexibility index (Phi) is 5.48. The van der Waals surface area contributed by atoms with Crippen molar-refractivity contribution in [3.8, 4) is 0 Å². The van der Waals surface area contributed by atoms with E-state index < -0.39 is 21.8 Å². The molecule has 1 radical (unpaired) electrons. The number of carbonyl (C=O) groups excluding carboxylic acids is 2. The van der Waals surface area contributed by atoms with E-state index in [1.165, 1.54) is 0 Å². The average molecular weight is 368 g/mol. The van der Waals surface area contributed by atoms with E-state index in [4.69, 9.17) is 0 Å². The van der Waals surface area contributed by atoms with E-state index >= 15 is 0 Å². The molecule has 2 aromatic carbocycles. The molecule has 0 aliphatic carbocycles. The largest absolute Gasteiger partial charge is 2.00 e. The van der Waals surface area contributed by atoms with Crippen LogP contribution < -0.4 is 10.2 Å². The summed E-state index contributed by atoms with van der Waals surface area (Å²) in [5.74, 6) is -2.81. The molecular weight excluding hydrogens is 360 g/mol. The summed E-state index contributed by atoms with van der Waals surface area (Å²) < 4.78 is 24.5. The van der Waals surface area contributed by atoms with Crippen LogP contribution in [0.25, 0.3) is 0 Å². The Hall–Kier alpha value is -2.15. The van der Waals surface area contributed by atoms with Crippen LogP contribution in [-0.4, -0.2) is 20.4 Å². The van der Waals surface area contributed by atoms with Crippen molar-refractivity contribution in [3.63, 3.8) is 0 Å². The van der Waals surface area contributed by atoms with Crippen molar-refractivity contribution < 1.29 is 45.3 Å². The van der Waals surface area contributed by atoms with Crippen molar-refractivity contribution in [2.24, 2.45) is 0 Å². The fraction of sp³-hybridized carbons (Fsp3) is 0. The molecule has 0 amide bonds. The Labute approximate surface area is 136 Å². The third kappa shape index (κ3) is 3.54. The van der Waals surface area contributed by atoms with Gasteiger partial charge in [0.1, 0.15) is 0 Å². The van der Waals surface area contributed by atoms with Gasteiger partial charge in [0.15, 0.2) is 0 Å². The topological polar surface area (TPSA) is 114 Å². The first-order chi connectivity index (χ1) is 9.82. The molecule has 0 aliphatic heterocycles. The van der Waals surface area contributed by atoms with Gasteiger partial charge >= 0.3 is 17.1 Å². The molecule has 0 heterocycles. The van der Waals surface area contributed by atoms with E-state index in [0.29, 0.717) is 0 Å². The maximum absolute atomic E-state index is 12.3. The van der Waals surface area contributed by atoms with Crippen molar-refractivity contribution in [3.05, 3.63) is 59.7 Å². The number of hydrogen-bond acceptors (Lipinski definition) is 6. The predicted octanol–water partition coefficient (Wildman–Crippen LogP) is -0.756. The van der Waals surface area contributed by atoms with E-state index in [2.05, 4.69) is 0 Å². The zero-order valence-electron chi connectivity index (χ0n) is 10.8. The van der Waals surface area contributed by atoms with E-state index in [1.807, 2.05) is 0 Å². The molecule has 0 aliphatic rings. The minimum absolute atomic E-state index is 0. The number of aromatic carboxylic acids is 2. The summed E-state index contributed by atoms with van der Waals surface area (Å²) in [6, 6.07) is 9.07. The summed E-state index contributed by atoms with van der Waals surface area (Å²) in [6.45, 7) is 0. The number of carbonyl (C=O) groups is 2. The minimum atomic E-state index is -3.85. The SMILES string of the molecule is O=C([O-])c1ccc(S(=O)(=O)c2ccc(C(=O)[O-])cc2)cc1.[Cu+2]. The smallest absolute Gasteiger partial charge is 0.545 e. The van der Waals surface area contributed by atoms with Crippen LogP contribution in [-0.2, 0) is 26.9 Å². The van der Waals surface area contributed by atoms with Gasteiger partial charge in [-0.15, -0.1) is 0 Å². The van der Waals surface area contributed by atoms with Gasteiger partial charge in [0.25, 0.3) is 0 Å². The number of carboxylic acids is 2. The standard InChI is InChI=1S/C14H10O6S.Cu/c15-13(16)9-1-5-11(6-2-9)21(19,20)12-7-3-10(4-8-12)14(17)18;/h1-8H,(H,15,16)(H,17,18);/q;+2/p-2. The van der Waals surface area contributed by atoms with Crippen LogP contribution in [0.3, 0.4) is 0 Å². The van der Waals surface area contributed by atoms with Crippen LogP contribution in [0.4, 0.5) is 0 Å². The molecule has 2 rings (SSSR count). The van der Waals surface area contributed by atoms with Gasteiger partial charge in [-0.3, -0.25) is 0 Å². The Morgan fingerprint density at radius 1 is 0.682 bits per heavy atom. The molecular formula is C14H8CuO6S. The zero-order chi connectivity index (χ0) is 15.6. The van der Waals surface area contributed by atoms with Crippen LogP contribution in [0.5, 0.6) is 0 Å². The number of rotatable bonds is 4. The molecule has 117 valence electrons. The molecule has 0 N–H and O–H groups in total. The van der Waals surface area contributed by atoms with Crippen LogP contribution in [0.15, 0.2) is 58.3 Å². The van der Waals surface area contributed by atoms with Crippen molar-refractivity contribution in [1.29, 1.82) is 0 Å². The maximum atomic E-state index is 12.3. The average Bonchev–Trinajstić information content (AvgIpc) is 2.47. The van der Waals surface area contributed by atoms with E-state index in [-0.39, 0.29) is 38.0 Å². The van der Waals surface area contributed by atoms with Crippen LogP contribution in [0.2, 0.25) is 0 Å². The van der Waals surface area contributed by atoms with Gasteiger partial charge < -0.3 is 19.8 Å². The summed E-state index contributed by atoms with van der Waals surface area (Å²) in [5.41, 5.74) is -0.275. The van der Waals surface area contributed by atoms with Gasteiger partial charge in [-0.1, -0.05) is 24.3 Å². The maximum Gasteiger partial charge on any atom is 2.00 e. The Bertz CT molecular complexity index is 731. The zero-order valence-corrected chi connectivity index (χ0v) is 12.5. The van der Waals surface area contributed by atoms with Gasteiger partial charge in [0.05, 0.1) is 21.7 Å². The van der Waals surface area contributed by atoms with Crippen LogP contribution in [0, 0.1) is 0 Å². The van der Waals surface area contributed by atoms with Crippen molar-refractivity contribution >= 4 is 21.8 Å². The quantitative estimate of drug-likeness (QED) is 0.656. The van der Waals surface area contributed by atoms with Gasteiger partial charge in [-0.05, 0) is 35.4 Å². The number of sulfone groups is 1. The molecule has 22 heavy (non-hydrogen) atoms. The number of carboxylic acid groups (broad SMARTS) is 2. The van der Waals surface area contributed by atoms with Crippen molar-refractivity contribution in [2.45, 2.75) is 9.79 Å². The van der Waals surface area contributed by atoms with E-state index in [9.17, 15) is 28.2 Å². The third-order valence-electron chi connectivity index (χ3n) is 2.80. The van der Waals surface area contributed by atoms with Gasteiger partial charge in [0.2, 0.25) is 9.84 Å². The molecule has 2 aromatic rings. The second kappa shape index (κ2) is 6.74. The van der Waals surface area contributed by atoms with Crippen molar-refractivity contribution in [1.82, 2.24) is 0 Å². The molecule has 0 spiro atoms. The summed E-state index contributed by atoms with van der Waals surface area (Å²) in [7, 11) is -3.85.